The maximum Gasteiger partial charge on any atom is 0.238 e. The largest absolute Gasteiger partial charge is 0.394 e. The molecule has 1 aliphatic heterocycles. The Labute approximate surface area is 71.5 Å². The van der Waals surface area contributed by atoms with Gasteiger partial charge in [0.05, 0.1) is 13.2 Å². The number of carbonyl (C=O) groups excluding carboxylic acids is 1. The van der Waals surface area contributed by atoms with Crippen molar-refractivity contribution in [2.45, 2.75) is 31.2 Å². The van der Waals surface area contributed by atoms with E-state index in [4.69, 9.17) is 5.11 Å². The van der Waals surface area contributed by atoms with E-state index < -0.39 is 0 Å². The van der Waals surface area contributed by atoms with Crippen molar-refractivity contribution in [2.75, 3.05) is 13.2 Å². The molecule has 0 atom stereocenters. The fourth-order valence-electron chi connectivity index (χ4n) is 1.95. The number of hydrazine groups is 1. The Balaban J connectivity index is 1.97. The third-order valence-electron chi connectivity index (χ3n) is 2.80. The van der Waals surface area contributed by atoms with Gasteiger partial charge in [-0.25, -0.2) is 5.43 Å². The maximum atomic E-state index is 11.3. The van der Waals surface area contributed by atoms with Gasteiger partial charge in [-0.3, -0.25) is 9.80 Å². The minimum absolute atomic E-state index is 0.0365. The van der Waals surface area contributed by atoms with Crippen molar-refractivity contribution in [1.29, 1.82) is 0 Å². The molecule has 1 spiro atoms. The van der Waals surface area contributed by atoms with Crippen LogP contribution in [0, 0.1) is 0 Å². The molecule has 1 saturated carbocycles. The first kappa shape index (κ1) is 8.01. The Kier molecular flexibility index (Phi) is 1.81. The molecule has 12 heavy (non-hydrogen) atoms. The summed E-state index contributed by atoms with van der Waals surface area (Å²) in [6.07, 6.45) is 4.03. The Morgan fingerprint density at radius 2 is 2.33 bits per heavy atom. The van der Waals surface area contributed by atoms with Gasteiger partial charge in [0.1, 0.15) is 0 Å². The molecule has 1 aliphatic carbocycles. The second-order valence-corrected chi connectivity index (χ2v) is 3.69. The number of aliphatic hydroxyl groups is 1. The molecule has 0 aromatic rings. The molecule has 2 aliphatic rings. The van der Waals surface area contributed by atoms with E-state index in [1.807, 2.05) is 0 Å². The van der Waals surface area contributed by atoms with Crippen LogP contribution in [0.4, 0.5) is 0 Å². The summed E-state index contributed by atoms with van der Waals surface area (Å²) in [5.74, 6) is 0.128. The summed E-state index contributed by atoms with van der Waals surface area (Å²) in [4.78, 5) is 11.3. The zero-order valence-electron chi connectivity index (χ0n) is 7.05. The number of rotatable bonds is 2. The normalized spacial score (nSPS) is 26.4. The van der Waals surface area contributed by atoms with Crippen molar-refractivity contribution < 1.29 is 9.90 Å². The molecule has 0 bridgehead atoms. The summed E-state index contributed by atoms with van der Waals surface area (Å²) in [5, 5.41) is 10.2. The van der Waals surface area contributed by atoms with Gasteiger partial charge in [0.15, 0.2) is 0 Å². The number of carbonyl (C=O) groups is 1. The number of aliphatic hydroxyl groups excluding tert-OH is 1. The molecule has 4 nitrogen and oxygen atoms in total. The summed E-state index contributed by atoms with van der Waals surface area (Å²) in [6.45, 7) is 0.454. The molecular formula is C8H14N2O2. The SMILES string of the molecule is O=C1CC2(CCC2)NN1CCO. The predicted octanol–water partition coefficient (Wildman–Crippen LogP) is -0.362. The summed E-state index contributed by atoms with van der Waals surface area (Å²) >= 11 is 0. The zero-order chi connectivity index (χ0) is 8.60. The number of nitrogens with zero attached hydrogens (tertiary/aromatic N) is 1. The second-order valence-electron chi connectivity index (χ2n) is 3.69. The Hall–Kier alpha value is -0.610. The Morgan fingerprint density at radius 1 is 1.58 bits per heavy atom. The molecule has 0 aromatic carbocycles. The quantitative estimate of drug-likeness (QED) is 0.595. The van der Waals surface area contributed by atoms with Gasteiger partial charge in [0.25, 0.3) is 0 Å². The van der Waals surface area contributed by atoms with Gasteiger partial charge in [-0.15, -0.1) is 0 Å². The van der Waals surface area contributed by atoms with E-state index in [9.17, 15) is 4.79 Å². The topological polar surface area (TPSA) is 52.6 Å². The average molecular weight is 170 g/mol. The van der Waals surface area contributed by atoms with Crippen LogP contribution in [-0.4, -0.2) is 34.7 Å². The van der Waals surface area contributed by atoms with Crippen molar-refractivity contribution >= 4 is 5.91 Å². The van der Waals surface area contributed by atoms with Crippen molar-refractivity contribution in [3.8, 4) is 0 Å². The molecule has 0 unspecified atom stereocenters. The van der Waals surface area contributed by atoms with Crippen LogP contribution in [0.15, 0.2) is 0 Å². The molecule has 2 rings (SSSR count). The van der Waals surface area contributed by atoms with Crippen LogP contribution >= 0.6 is 0 Å². The second kappa shape index (κ2) is 2.71. The fraction of sp³-hybridized carbons (Fsp3) is 0.875. The summed E-state index contributed by atoms with van der Waals surface area (Å²) in [5.41, 5.74) is 3.25. The van der Waals surface area contributed by atoms with E-state index in [-0.39, 0.29) is 18.1 Å². The highest BCUT2D eigenvalue weighted by atomic mass is 16.3. The van der Waals surface area contributed by atoms with Crippen LogP contribution in [-0.2, 0) is 4.79 Å². The third kappa shape index (κ3) is 1.11. The highest BCUT2D eigenvalue weighted by molar-refractivity contribution is 5.79. The summed E-state index contributed by atoms with van der Waals surface area (Å²) in [7, 11) is 0. The van der Waals surface area contributed by atoms with E-state index in [1.165, 1.54) is 6.42 Å². The van der Waals surface area contributed by atoms with E-state index in [0.717, 1.165) is 12.8 Å². The van der Waals surface area contributed by atoms with Gasteiger partial charge in [0.2, 0.25) is 5.91 Å². The summed E-state index contributed by atoms with van der Waals surface area (Å²) in [6, 6.07) is 0. The van der Waals surface area contributed by atoms with Crippen LogP contribution in [0.25, 0.3) is 0 Å². The first-order valence-corrected chi connectivity index (χ1v) is 4.45. The minimum Gasteiger partial charge on any atom is -0.394 e. The van der Waals surface area contributed by atoms with Crippen LogP contribution in [0.1, 0.15) is 25.7 Å². The molecule has 1 saturated heterocycles. The molecule has 4 heteroatoms. The summed E-state index contributed by atoms with van der Waals surface area (Å²) < 4.78 is 0. The molecule has 0 radical (unpaired) electrons. The van der Waals surface area contributed by atoms with Crippen molar-refractivity contribution in [2.24, 2.45) is 0 Å². The lowest BCUT2D eigenvalue weighted by Gasteiger charge is -2.37. The third-order valence-corrected chi connectivity index (χ3v) is 2.80. The zero-order valence-corrected chi connectivity index (χ0v) is 7.05. The van der Waals surface area contributed by atoms with Crippen molar-refractivity contribution in [3.05, 3.63) is 0 Å². The monoisotopic (exact) mass is 170 g/mol. The Morgan fingerprint density at radius 3 is 2.75 bits per heavy atom. The van der Waals surface area contributed by atoms with Gasteiger partial charge >= 0.3 is 0 Å². The lowest BCUT2D eigenvalue weighted by atomic mass is 9.76. The number of amides is 1. The molecule has 0 aromatic heterocycles. The molecule has 1 heterocycles. The number of hydrogen-bond donors (Lipinski definition) is 2. The first-order chi connectivity index (χ1) is 5.76. The van der Waals surface area contributed by atoms with Crippen LogP contribution in [0.2, 0.25) is 0 Å². The molecule has 2 fully saturated rings. The molecule has 68 valence electrons. The number of β-amino-alcohol motifs (C(OH)–C–C–N with tert-alkyl or cyclic N) is 1. The van der Waals surface area contributed by atoms with Crippen LogP contribution in [0.3, 0.4) is 0 Å². The first-order valence-electron chi connectivity index (χ1n) is 4.45. The van der Waals surface area contributed by atoms with E-state index in [2.05, 4.69) is 5.43 Å². The van der Waals surface area contributed by atoms with Gasteiger partial charge in [-0.1, -0.05) is 0 Å². The highest BCUT2D eigenvalue weighted by Gasteiger charge is 2.46. The average Bonchev–Trinajstić information content (AvgIpc) is 2.29. The highest BCUT2D eigenvalue weighted by Crippen LogP contribution is 2.38. The van der Waals surface area contributed by atoms with E-state index in [1.54, 1.807) is 5.01 Å². The standard InChI is InChI=1S/C8H14N2O2/c11-5-4-10-7(12)6-8(9-10)2-1-3-8/h9,11H,1-6H2. The molecule has 1 amide bonds. The fourth-order valence-corrected chi connectivity index (χ4v) is 1.95. The molecular weight excluding hydrogens is 156 g/mol. The van der Waals surface area contributed by atoms with Gasteiger partial charge in [0, 0.05) is 12.0 Å². The number of hydrogen-bond acceptors (Lipinski definition) is 3. The lowest BCUT2D eigenvalue weighted by molar-refractivity contribution is -0.130. The molecule has 2 N–H and O–H groups in total. The van der Waals surface area contributed by atoms with Crippen molar-refractivity contribution in [3.63, 3.8) is 0 Å². The minimum atomic E-state index is 0.0365. The van der Waals surface area contributed by atoms with Gasteiger partial charge < -0.3 is 5.11 Å². The van der Waals surface area contributed by atoms with E-state index >= 15 is 0 Å². The lowest BCUT2D eigenvalue weighted by Crippen LogP contribution is -2.51. The Bertz CT molecular complexity index is 201. The smallest absolute Gasteiger partial charge is 0.238 e. The maximum absolute atomic E-state index is 11.3. The van der Waals surface area contributed by atoms with E-state index in [0.29, 0.717) is 13.0 Å². The van der Waals surface area contributed by atoms with Crippen LogP contribution in [0.5, 0.6) is 0 Å². The number of nitrogens with one attached hydrogen (secondary N) is 1. The van der Waals surface area contributed by atoms with Crippen LogP contribution < -0.4 is 5.43 Å². The van der Waals surface area contributed by atoms with Crippen molar-refractivity contribution in [1.82, 2.24) is 10.4 Å². The van der Waals surface area contributed by atoms with Gasteiger partial charge in [-0.05, 0) is 19.3 Å². The van der Waals surface area contributed by atoms with Gasteiger partial charge in [-0.2, -0.15) is 0 Å². The predicted molar refractivity (Wildman–Crippen MR) is 43.1 cm³/mol.